The molecule has 0 spiro atoms. The molecular formula is C16H16N4O2S. The number of carbonyl (C=O) groups is 1. The van der Waals surface area contributed by atoms with Crippen molar-refractivity contribution >= 4 is 33.3 Å². The summed E-state index contributed by atoms with van der Waals surface area (Å²) in [6.07, 6.45) is 6.43. The summed E-state index contributed by atoms with van der Waals surface area (Å²) in [7, 11) is 0. The quantitative estimate of drug-likeness (QED) is 0.800. The van der Waals surface area contributed by atoms with Crippen LogP contribution in [0.4, 0.5) is 5.82 Å². The lowest BCUT2D eigenvalue weighted by Gasteiger charge is -2.32. The Morgan fingerprint density at radius 3 is 2.96 bits per heavy atom. The zero-order chi connectivity index (χ0) is 15.6. The number of hydrogen-bond acceptors (Lipinski definition) is 6. The van der Waals surface area contributed by atoms with Crippen LogP contribution in [0.3, 0.4) is 0 Å². The Labute approximate surface area is 137 Å². The summed E-state index contributed by atoms with van der Waals surface area (Å²) in [6.45, 7) is 1.47. The Bertz CT molecular complexity index is 806. The first-order chi connectivity index (χ1) is 11.3. The maximum absolute atomic E-state index is 12.3. The molecule has 118 valence electrons. The van der Waals surface area contributed by atoms with E-state index in [1.807, 2.05) is 16.3 Å². The fourth-order valence-electron chi connectivity index (χ4n) is 2.89. The van der Waals surface area contributed by atoms with Gasteiger partial charge in [0.25, 0.3) is 5.91 Å². The summed E-state index contributed by atoms with van der Waals surface area (Å²) in [5.74, 6) is 0.926. The van der Waals surface area contributed by atoms with Gasteiger partial charge in [0.2, 0.25) is 0 Å². The molecule has 1 N–H and O–H groups in total. The topological polar surface area (TPSA) is 71.3 Å². The SMILES string of the molecule is O=C(c1ccoc1)N1CCC(Nc2ncnc3sccc23)CC1. The molecule has 1 aliphatic rings. The number of nitrogens with one attached hydrogen (secondary N) is 1. The van der Waals surface area contributed by atoms with E-state index in [-0.39, 0.29) is 5.91 Å². The molecule has 0 radical (unpaired) electrons. The Kier molecular flexibility index (Phi) is 3.70. The zero-order valence-electron chi connectivity index (χ0n) is 12.4. The van der Waals surface area contributed by atoms with Gasteiger partial charge in [-0.3, -0.25) is 4.79 Å². The molecule has 3 aromatic rings. The summed E-state index contributed by atoms with van der Waals surface area (Å²) in [6, 6.07) is 4.07. The second kappa shape index (κ2) is 6.00. The van der Waals surface area contributed by atoms with Crippen molar-refractivity contribution in [3.8, 4) is 0 Å². The highest BCUT2D eigenvalue weighted by Crippen LogP contribution is 2.26. The minimum absolute atomic E-state index is 0.0412. The molecule has 3 aromatic heterocycles. The molecule has 6 nitrogen and oxygen atoms in total. The molecule has 1 aliphatic heterocycles. The third-order valence-electron chi connectivity index (χ3n) is 4.15. The van der Waals surface area contributed by atoms with Gasteiger partial charge in [0, 0.05) is 19.1 Å². The molecule has 4 rings (SSSR count). The van der Waals surface area contributed by atoms with Gasteiger partial charge in [0.15, 0.2) is 0 Å². The van der Waals surface area contributed by atoms with Crippen LogP contribution in [0, 0.1) is 0 Å². The number of likely N-dealkylation sites (tertiary alicyclic amines) is 1. The van der Waals surface area contributed by atoms with Crippen LogP contribution in [-0.2, 0) is 0 Å². The van der Waals surface area contributed by atoms with E-state index in [1.165, 1.54) is 12.5 Å². The molecule has 7 heteroatoms. The highest BCUT2D eigenvalue weighted by Gasteiger charge is 2.24. The first-order valence-electron chi connectivity index (χ1n) is 7.57. The second-order valence-electron chi connectivity index (χ2n) is 5.58. The van der Waals surface area contributed by atoms with Crippen LogP contribution < -0.4 is 5.32 Å². The van der Waals surface area contributed by atoms with Crippen molar-refractivity contribution in [3.63, 3.8) is 0 Å². The normalized spacial score (nSPS) is 15.9. The third-order valence-corrected chi connectivity index (χ3v) is 4.97. The summed E-state index contributed by atoms with van der Waals surface area (Å²) in [5, 5.41) is 6.59. The van der Waals surface area contributed by atoms with E-state index in [4.69, 9.17) is 4.42 Å². The minimum Gasteiger partial charge on any atom is -0.472 e. The molecule has 1 fully saturated rings. The van der Waals surface area contributed by atoms with Crippen molar-refractivity contribution in [1.29, 1.82) is 0 Å². The molecule has 1 saturated heterocycles. The summed E-state index contributed by atoms with van der Waals surface area (Å²) < 4.78 is 4.99. The number of piperidine rings is 1. The van der Waals surface area contributed by atoms with E-state index in [9.17, 15) is 4.79 Å². The van der Waals surface area contributed by atoms with Crippen molar-refractivity contribution in [3.05, 3.63) is 41.9 Å². The number of thiophene rings is 1. The summed E-state index contributed by atoms with van der Waals surface area (Å²) in [4.78, 5) is 23.8. The smallest absolute Gasteiger partial charge is 0.257 e. The number of carbonyl (C=O) groups excluding carboxylic acids is 1. The average molecular weight is 328 g/mol. The molecule has 0 aliphatic carbocycles. The van der Waals surface area contributed by atoms with E-state index in [2.05, 4.69) is 15.3 Å². The standard InChI is InChI=1S/C16H16N4O2S/c21-16(11-3-7-22-9-11)20-5-1-12(2-6-20)19-14-13-4-8-23-15(13)18-10-17-14/h3-4,7-10,12H,1-2,5-6H2,(H,17,18,19). The lowest BCUT2D eigenvalue weighted by Crippen LogP contribution is -2.42. The number of aromatic nitrogens is 2. The second-order valence-corrected chi connectivity index (χ2v) is 6.48. The number of rotatable bonds is 3. The maximum atomic E-state index is 12.3. The van der Waals surface area contributed by atoms with Gasteiger partial charge in [-0.2, -0.15) is 0 Å². The van der Waals surface area contributed by atoms with Gasteiger partial charge in [-0.25, -0.2) is 9.97 Å². The van der Waals surface area contributed by atoms with Gasteiger partial charge in [-0.1, -0.05) is 0 Å². The van der Waals surface area contributed by atoms with E-state index >= 15 is 0 Å². The largest absolute Gasteiger partial charge is 0.472 e. The highest BCUT2D eigenvalue weighted by molar-refractivity contribution is 7.16. The van der Waals surface area contributed by atoms with Gasteiger partial charge in [-0.05, 0) is 30.4 Å². The number of fused-ring (bicyclic) bond motifs is 1. The molecule has 0 unspecified atom stereocenters. The fraction of sp³-hybridized carbons (Fsp3) is 0.312. The third kappa shape index (κ3) is 2.79. The number of anilines is 1. The molecule has 23 heavy (non-hydrogen) atoms. The van der Waals surface area contributed by atoms with Crippen LogP contribution in [-0.4, -0.2) is 39.9 Å². The maximum Gasteiger partial charge on any atom is 0.257 e. The number of furan rings is 1. The Hall–Kier alpha value is -2.41. The predicted molar refractivity (Wildman–Crippen MR) is 88.7 cm³/mol. The zero-order valence-corrected chi connectivity index (χ0v) is 13.3. The molecule has 0 aromatic carbocycles. The lowest BCUT2D eigenvalue weighted by atomic mass is 10.0. The van der Waals surface area contributed by atoms with Crippen molar-refractivity contribution < 1.29 is 9.21 Å². The van der Waals surface area contributed by atoms with E-state index in [1.54, 1.807) is 23.7 Å². The predicted octanol–water partition coefficient (Wildman–Crippen LogP) is 3.00. The number of amides is 1. The van der Waals surface area contributed by atoms with Crippen LogP contribution >= 0.6 is 11.3 Å². The van der Waals surface area contributed by atoms with Crippen LogP contribution in [0.1, 0.15) is 23.2 Å². The molecular weight excluding hydrogens is 312 g/mol. The molecule has 0 bridgehead atoms. The van der Waals surface area contributed by atoms with E-state index in [0.29, 0.717) is 11.6 Å². The Morgan fingerprint density at radius 2 is 2.17 bits per heavy atom. The van der Waals surface area contributed by atoms with Crippen LogP contribution in [0.2, 0.25) is 0 Å². The lowest BCUT2D eigenvalue weighted by molar-refractivity contribution is 0.0717. The minimum atomic E-state index is 0.0412. The molecule has 4 heterocycles. The summed E-state index contributed by atoms with van der Waals surface area (Å²) in [5.41, 5.74) is 0.618. The first-order valence-corrected chi connectivity index (χ1v) is 8.45. The van der Waals surface area contributed by atoms with Gasteiger partial charge in [-0.15, -0.1) is 11.3 Å². The molecule has 1 amide bonds. The Balaban J connectivity index is 1.40. The van der Waals surface area contributed by atoms with E-state index in [0.717, 1.165) is 42.0 Å². The van der Waals surface area contributed by atoms with Crippen molar-refractivity contribution in [2.45, 2.75) is 18.9 Å². The van der Waals surface area contributed by atoms with Crippen LogP contribution in [0.15, 0.2) is 40.8 Å². The van der Waals surface area contributed by atoms with Gasteiger partial charge in [0.1, 0.15) is 23.2 Å². The van der Waals surface area contributed by atoms with Crippen molar-refractivity contribution in [2.75, 3.05) is 18.4 Å². The highest BCUT2D eigenvalue weighted by atomic mass is 32.1. The van der Waals surface area contributed by atoms with Crippen molar-refractivity contribution in [2.24, 2.45) is 0 Å². The van der Waals surface area contributed by atoms with Crippen LogP contribution in [0.25, 0.3) is 10.2 Å². The van der Waals surface area contributed by atoms with Crippen molar-refractivity contribution in [1.82, 2.24) is 14.9 Å². The fourth-order valence-corrected chi connectivity index (χ4v) is 3.63. The number of nitrogens with zero attached hydrogens (tertiary/aromatic N) is 3. The molecule has 0 atom stereocenters. The van der Waals surface area contributed by atoms with Gasteiger partial charge >= 0.3 is 0 Å². The number of hydrogen-bond donors (Lipinski definition) is 1. The van der Waals surface area contributed by atoms with Crippen LogP contribution in [0.5, 0.6) is 0 Å². The van der Waals surface area contributed by atoms with E-state index < -0.39 is 0 Å². The van der Waals surface area contributed by atoms with Gasteiger partial charge in [0.05, 0.1) is 17.2 Å². The summed E-state index contributed by atoms with van der Waals surface area (Å²) >= 11 is 1.61. The molecule has 0 saturated carbocycles. The van der Waals surface area contributed by atoms with Gasteiger partial charge < -0.3 is 14.6 Å². The monoisotopic (exact) mass is 328 g/mol. The first kappa shape index (κ1) is 14.2. The Morgan fingerprint density at radius 1 is 1.30 bits per heavy atom. The average Bonchev–Trinajstić information content (AvgIpc) is 3.27.